The van der Waals surface area contributed by atoms with Crippen LogP contribution in [0.1, 0.15) is 13.8 Å². The molecule has 0 aliphatic carbocycles. The molecule has 50 valence electrons. The van der Waals surface area contributed by atoms with Gasteiger partial charge in [-0.25, -0.2) is 0 Å². The summed E-state index contributed by atoms with van der Waals surface area (Å²) in [6.45, 7) is 3.76. The van der Waals surface area contributed by atoms with E-state index in [0.29, 0.717) is 0 Å². The van der Waals surface area contributed by atoms with Crippen LogP contribution in [-0.4, -0.2) is 4.92 Å². The van der Waals surface area contributed by atoms with Gasteiger partial charge in [0.1, 0.15) is 0 Å². The predicted molar refractivity (Wildman–Crippen MR) is 35.6 cm³/mol. The van der Waals surface area contributed by atoms with Crippen LogP contribution in [0.2, 0.25) is 0 Å². The maximum absolute atomic E-state index is 9.67. The zero-order valence-corrected chi connectivity index (χ0v) is 5.50. The van der Waals surface area contributed by atoms with Crippen LogP contribution in [0.25, 0.3) is 0 Å². The van der Waals surface area contributed by atoms with Gasteiger partial charge in [0.25, 0.3) is 0 Å². The lowest BCUT2D eigenvalue weighted by molar-refractivity contribution is -0.402. The van der Waals surface area contributed by atoms with Gasteiger partial charge >= 0.3 is 0 Å². The van der Waals surface area contributed by atoms with E-state index in [-0.39, 0.29) is 0 Å². The minimum Gasteiger partial charge on any atom is -0.259 e. The van der Waals surface area contributed by atoms with Crippen LogP contribution in [0.3, 0.4) is 0 Å². The van der Waals surface area contributed by atoms with Crippen LogP contribution in [0.5, 0.6) is 0 Å². The fourth-order valence-corrected chi connectivity index (χ4v) is 0.306. The van der Waals surface area contributed by atoms with E-state index in [9.17, 15) is 10.1 Å². The molecule has 0 rings (SSSR count). The molecule has 0 atom stereocenters. The minimum atomic E-state index is -0.487. The van der Waals surface area contributed by atoms with Crippen LogP contribution in [-0.2, 0) is 0 Å². The molecule has 0 saturated heterocycles. The second-order valence-electron chi connectivity index (χ2n) is 1.87. The van der Waals surface area contributed by atoms with Gasteiger partial charge in [-0.1, -0.05) is 11.6 Å². The Kier molecular flexibility index (Phi) is 3.35. The van der Waals surface area contributed by atoms with E-state index in [1.54, 1.807) is 6.08 Å². The standard InChI is InChI=1S/C6H9NO2/c1-6(2)4-3-5-7(8)9/h3-5H,1-2H3/b5-3+. The molecular formula is C6H9NO2. The lowest BCUT2D eigenvalue weighted by Gasteiger charge is -1.78. The van der Waals surface area contributed by atoms with Crippen molar-refractivity contribution in [3.05, 3.63) is 34.0 Å². The molecule has 0 saturated carbocycles. The van der Waals surface area contributed by atoms with Crippen LogP contribution in [0, 0.1) is 10.1 Å². The number of nitro groups is 1. The number of nitrogens with zero attached hydrogens (tertiary/aromatic N) is 1. The smallest absolute Gasteiger partial charge is 0.234 e. The largest absolute Gasteiger partial charge is 0.259 e. The fraction of sp³-hybridized carbons (Fsp3) is 0.333. The molecule has 0 aliphatic rings. The molecule has 0 N–H and O–H groups in total. The first-order valence-corrected chi connectivity index (χ1v) is 2.58. The van der Waals surface area contributed by atoms with Crippen molar-refractivity contribution in [2.45, 2.75) is 13.8 Å². The zero-order chi connectivity index (χ0) is 7.28. The summed E-state index contributed by atoms with van der Waals surface area (Å²) < 4.78 is 0. The Hall–Kier alpha value is -1.12. The highest BCUT2D eigenvalue weighted by molar-refractivity contribution is 5.05. The molecule has 9 heavy (non-hydrogen) atoms. The molecule has 3 nitrogen and oxygen atoms in total. The van der Waals surface area contributed by atoms with E-state index in [0.717, 1.165) is 11.8 Å². The monoisotopic (exact) mass is 127 g/mol. The van der Waals surface area contributed by atoms with Crippen molar-refractivity contribution in [3.8, 4) is 0 Å². The van der Waals surface area contributed by atoms with E-state index in [4.69, 9.17) is 0 Å². The van der Waals surface area contributed by atoms with Crippen LogP contribution in [0.4, 0.5) is 0 Å². The molecule has 0 radical (unpaired) electrons. The van der Waals surface area contributed by atoms with E-state index in [1.165, 1.54) is 6.08 Å². The first-order valence-electron chi connectivity index (χ1n) is 2.58. The summed E-state index contributed by atoms with van der Waals surface area (Å²) >= 11 is 0. The van der Waals surface area contributed by atoms with Crippen LogP contribution < -0.4 is 0 Å². The van der Waals surface area contributed by atoms with Crippen molar-refractivity contribution in [3.63, 3.8) is 0 Å². The highest BCUT2D eigenvalue weighted by Gasteiger charge is 1.79. The van der Waals surface area contributed by atoms with Crippen molar-refractivity contribution in [1.29, 1.82) is 0 Å². The summed E-state index contributed by atoms with van der Waals surface area (Å²) in [7, 11) is 0. The van der Waals surface area contributed by atoms with E-state index in [1.807, 2.05) is 13.8 Å². The van der Waals surface area contributed by atoms with Crippen molar-refractivity contribution in [1.82, 2.24) is 0 Å². The average molecular weight is 127 g/mol. The Balaban J connectivity index is 3.74. The quantitative estimate of drug-likeness (QED) is 0.322. The summed E-state index contributed by atoms with van der Waals surface area (Å²) in [6, 6.07) is 0. The molecular weight excluding hydrogens is 118 g/mol. The molecule has 0 aromatic rings. The summed E-state index contributed by atoms with van der Waals surface area (Å²) in [4.78, 5) is 9.18. The van der Waals surface area contributed by atoms with E-state index >= 15 is 0 Å². The maximum Gasteiger partial charge on any atom is 0.234 e. The summed E-state index contributed by atoms with van der Waals surface area (Å²) in [5.74, 6) is 0. The third-order valence-electron chi connectivity index (χ3n) is 0.637. The van der Waals surface area contributed by atoms with Gasteiger partial charge in [-0.05, 0) is 13.8 Å². The Morgan fingerprint density at radius 2 is 2.11 bits per heavy atom. The van der Waals surface area contributed by atoms with E-state index < -0.39 is 4.92 Å². The summed E-state index contributed by atoms with van der Waals surface area (Å²) in [5, 5.41) is 9.67. The zero-order valence-electron chi connectivity index (χ0n) is 5.50. The predicted octanol–water partition coefficient (Wildman–Crippen LogP) is 1.74. The van der Waals surface area contributed by atoms with Gasteiger partial charge in [0.2, 0.25) is 6.20 Å². The first kappa shape index (κ1) is 7.88. The molecule has 0 aliphatic heterocycles. The second kappa shape index (κ2) is 3.83. The maximum atomic E-state index is 9.67. The molecule has 0 aromatic carbocycles. The number of rotatable bonds is 2. The molecule has 0 heterocycles. The Morgan fingerprint density at radius 3 is 2.44 bits per heavy atom. The minimum absolute atomic E-state index is 0.487. The van der Waals surface area contributed by atoms with Crippen LogP contribution in [0.15, 0.2) is 23.9 Å². The molecule has 0 fully saturated rings. The lowest BCUT2D eigenvalue weighted by Crippen LogP contribution is -1.80. The Labute approximate surface area is 53.8 Å². The second-order valence-corrected chi connectivity index (χ2v) is 1.87. The van der Waals surface area contributed by atoms with Crippen molar-refractivity contribution < 1.29 is 4.92 Å². The molecule has 3 heteroatoms. The van der Waals surface area contributed by atoms with Crippen molar-refractivity contribution in [2.75, 3.05) is 0 Å². The molecule has 0 bridgehead atoms. The Bertz CT molecular complexity index is 154. The van der Waals surface area contributed by atoms with Gasteiger partial charge in [-0.2, -0.15) is 0 Å². The Morgan fingerprint density at radius 1 is 1.56 bits per heavy atom. The summed E-state index contributed by atoms with van der Waals surface area (Å²) in [5.41, 5.74) is 1.05. The third-order valence-corrected chi connectivity index (χ3v) is 0.637. The molecule has 0 unspecified atom stereocenters. The van der Waals surface area contributed by atoms with Gasteiger partial charge in [0, 0.05) is 6.08 Å². The molecule has 0 spiro atoms. The highest BCUT2D eigenvalue weighted by atomic mass is 16.6. The lowest BCUT2D eigenvalue weighted by atomic mass is 10.3. The van der Waals surface area contributed by atoms with Gasteiger partial charge in [-0.3, -0.25) is 10.1 Å². The number of allylic oxidation sites excluding steroid dienone is 3. The average Bonchev–Trinajstić information content (AvgIpc) is 1.63. The number of hydrogen-bond donors (Lipinski definition) is 0. The van der Waals surface area contributed by atoms with Gasteiger partial charge < -0.3 is 0 Å². The van der Waals surface area contributed by atoms with E-state index in [2.05, 4.69) is 0 Å². The van der Waals surface area contributed by atoms with Gasteiger partial charge in [0.15, 0.2) is 0 Å². The van der Waals surface area contributed by atoms with Crippen molar-refractivity contribution in [2.24, 2.45) is 0 Å². The van der Waals surface area contributed by atoms with Crippen LogP contribution >= 0.6 is 0 Å². The SMILES string of the molecule is CC(C)=C/C=C/[N+](=O)[O-]. The van der Waals surface area contributed by atoms with Gasteiger partial charge in [0.05, 0.1) is 4.92 Å². The topological polar surface area (TPSA) is 43.1 Å². The highest BCUT2D eigenvalue weighted by Crippen LogP contribution is 1.88. The molecule has 0 aromatic heterocycles. The normalized spacial score (nSPS) is 9.56. The third kappa shape index (κ3) is 6.88. The van der Waals surface area contributed by atoms with Crippen molar-refractivity contribution >= 4 is 0 Å². The van der Waals surface area contributed by atoms with Gasteiger partial charge in [-0.15, -0.1) is 0 Å². The summed E-state index contributed by atoms with van der Waals surface area (Å²) in [6.07, 6.45) is 4.01. The fourth-order valence-electron chi connectivity index (χ4n) is 0.306. The molecule has 0 amide bonds. The first-order chi connectivity index (χ1) is 4.13. The number of hydrogen-bond acceptors (Lipinski definition) is 2.